The average Bonchev–Trinajstić information content (AvgIpc) is 2.34. The molecule has 1 nitrogen and oxygen atoms in total. The van der Waals surface area contributed by atoms with Gasteiger partial charge in [0.05, 0.1) is 0 Å². The van der Waals surface area contributed by atoms with E-state index in [1.165, 1.54) is 9.13 Å². The molecule has 0 aliphatic heterocycles. The molecule has 0 saturated heterocycles. The maximum absolute atomic E-state index is 6.09. The molecule has 0 radical (unpaired) electrons. The van der Waals surface area contributed by atoms with E-state index in [-0.39, 0.29) is 0 Å². The average molecular weight is 358 g/mol. The highest BCUT2D eigenvalue weighted by atomic mass is 127. The van der Waals surface area contributed by atoms with Gasteiger partial charge in [-0.25, -0.2) is 0 Å². The van der Waals surface area contributed by atoms with E-state index in [4.69, 9.17) is 11.6 Å². The lowest BCUT2D eigenvalue weighted by Gasteiger charge is -2.06. The SMILES string of the molecule is Clc1ccccc1CNCc1ccc(I)cc1. The fourth-order valence-electron chi connectivity index (χ4n) is 1.59. The molecule has 0 aromatic heterocycles. The summed E-state index contributed by atoms with van der Waals surface area (Å²) in [5.41, 5.74) is 2.43. The summed E-state index contributed by atoms with van der Waals surface area (Å²) in [5.74, 6) is 0. The first-order valence-corrected chi connectivity index (χ1v) is 6.90. The van der Waals surface area contributed by atoms with Crippen LogP contribution < -0.4 is 5.32 Å². The molecule has 2 aromatic rings. The Morgan fingerprint density at radius 2 is 1.65 bits per heavy atom. The first-order chi connectivity index (χ1) is 8.25. The van der Waals surface area contributed by atoms with Crippen molar-refractivity contribution in [3.8, 4) is 0 Å². The van der Waals surface area contributed by atoms with Gasteiger partial charge in [-0.1, -0.05) is 41.9 Å². The summed E-state index contributed by atoms with van der Waals surface area (Å²) in [5, 5.41) is 4.21. The molecular weight excluding hydrogens is 345 g/mol. The van der Waals surface area contributed by atoms with Gasteiger partial charge in [-0.2, -0.15) is 0 Å². The van der Waals surface area contributed by atoms with Gasteiger partial charge in [0.1, 0.15) is 0 Å². The van der Waals surface area contributed by atoms with Crippen molar-refractivity contribution in [1.29, 1.82) is 0 Å². The normalized spacial score (nSPS) is 10.5. The van der Waals surface area contributed by atoms with Crippen LogP contribution in [0.15, 0.2) is 48.5 Å². The molecule has 0 saturated carbocycles. The van der Waals surface area contributed by atoms with E-state index in [0.29, 0.717) is 0 Å². The summed E-state index contributed by atoms with van der Waals surface area (Å²) in [6.45, 7) is 1.66. The largest absolute Gasteiger partial charge is 0.309 e. The minimum Gasteiger partial charge on any atom is -0.309 e. The highest BCUT2D eigenvalue weighted by Gasteiger charge is 1.98. The number of hydrogen-bond acceptors (Lipinski definition) is 1. The van der Waals surface area contributed by atoms with Gasteiger partial charge in [0, 0.05) is 21.7 Å². The Labute approximate surface area is 120 Å². The molecule has 0 bridgehead atoms. The van der Waals surface area contributed by atoms with Crippen LogP contribution in [0.5, 0.6) is 0 Å². The standard InChI is InChI=1S/C14H13ClIN/c15-14-4-2-1-3-12(14)10-17-9-11-5-7-13(16)8-6-11/h1-8,17H,9-10H2. The first kappa shape index (κ1) is 12.9. The van der Waals surface area contributed by atoms with Crippen LogP contribution in [0.4, 0.5) is 0 Å². The Hall–Kier alpha value is -0.580. The fraction of sp³-hybridized carbons (Fsp3) is 0.143. The van der Waals surface area contributed by atoms with Crippen molar-refractivity contribution in [1.82, 2.24) is 5.32 Å². The lowest BCUT2D eigenvalue weighted by molar-refractivity contribution is 0.693. The van der Waals surface area contributed by atoms with Crippen molar-refractivity contribution >= 4 is 34.2 Å². The number of halogens is 2. The summed E-state index contributed by atoms with van der Waals surface area (Å²) < 4.78 is 1.26. The Balaban J connectivity index is 1.88. The minimum atomic E-state index is 0.797. The van der Waals surface area contributed by atoms with Crippen LogP contribution in [-0.2, 0) is 13.1 Å². The molecular formula is C14H13ClIN. The van der Waals surface area contributed by atoms with E-state index < -0.39 is 0 Å². The fourth-order valence-corrected chi connectivity index (χ4v) is 2.15. The Morgan fingerprint density at radius 1 is 0.941 bits per heavy atom. The molecule has 2 rings (SSSR count). The van der Waals surface area contributed by atoms with E-state index in [9.17, 15) is 0 Å². The smallest absolute Gasteiger partial charge is 0.0450 e. The minimum absolute atomic E-state index is 0.797. The molecule has 0 aliphatic rings. The predicted octanol–water partition coefficient (Wildman–Crippen LogP) is 4.23. The van der Waals surface area contributed by atoms with Gasteiger partial charge in [-0.15, -0.1) is 0 Å². The molecule has 0 unspecified atom stereocenters. The Bertz CT molecular complexity index is 482. The van der Waals surface area contributed by atoms with Crippen LogP contribution in [0.3, 0.4) is 0 Å². The zero-order valence-electron chi connectivity index (χ0n) is 9.29. The maximum Gasteiger partial charge on any atom is 0.0450 e. The van der Waals surface area contributed by atoms with Gasteiger partial charge >= 0.3 is 0 Å². The van der Waals surface area contributed by atoms with E-state index in [0.717, 1.165) is 23.7 Å². The van der Waals surface area contributed by atoms with Crippen molar-refractivity contribution in [2.45, 2.75) is 13.1 Å². The van der Waals surface area contributed by atoms with Crippen molar-refractivity contribution in [3.63, 3.8) is 0 Å². The van der Waals surface area contributed by atoms with Crippen LogP contribution in [0.25, 0.3) is 0 Å². The summed E-state index contributed by atoms with van der Waals surface area (Å²) in [4.78, 5) is 0. The second kappa shape index (κ2) is 6.38. The lowest BCUT2D eigenvalue weighted by atomic mass is 10.2. The molecule has 17 heavy (non-hydrogen) atoms. The van der Waals surface area contributed by atoms with Crippen LogP contribution >= 0.6 is 34.2 Å². The predicted molar refractivity (Wildman–Crippen MR) is 81.2 cm³/mol. The van der Waals surface area contributed by atoms with Gasteiger partial charge < -0.3 is 5.32 Å². The van der Waals surface area contributed by atoms with E-state index in [1.807, 2.05) is 24.3 Å². The number of hydrogen-bond donors (Lipinski definition) is 1. The van der Waals surface area contributed by atoms with Crippen molar-refractivity contribution in [2.75, 3.05) is 0 Å². The van der Waals surface area contributed by atoms with Crippen molar-refractivity contribution in [3.05, 3.63) is 68.3 Å². The molecule has 0 atom stereocenters. The van der Waals surface area contributed by atoms with Gasteiger partial charge in [-0.3, -0.25) is 0 Å². The monoisotopic (exact) mass is 357 g/mol. The quantitative estimate of drug-likeness (QED) is 0.807. The molecule has 2 aromatic carbocycles. The van der Waals surface area contributed by atoms with Crippen molar-refractivity contribution in [2.24, 2.45) is 0 Å². The van der Waals surface area contributed by atoms with Gasteiger partial charge in [0.2, 0.25) is 0 Å². The van der Waals surface area contributed by atoms with Gasteiger partial charge in [-0.05, 0) is 51.9 Å². The van der Waals surface area contributed by atoms with Gasteiger partial charge in [0.25, 0.3) is 0 Å². The third kappa shape index (κ3) is 3.98. The topological polar surface area (TPSA) is 12.0 Å². The van der Waals surface area contributed by atoms with E-state index >= 15 is 0 Å². The first-order valence-electron chi connectivity index (χ1n) is 5.44. The lowest BCUT2D eigenvalue weighted by Crippen LogP contribution is -2.12. The summed E-state index contributed by atoms with van der Waals surface area (Å²) in [6.07, 6.45) is 0. The second-order valence-corrected chi connectivity index (χ2v) is 5.47. The number of rotatable bonds is 4. The molecule has 3 heteroatoms. The number of nitrogens with one attached hydrogen (secondary N) is 1. The molecule has 0 aliphatic carbocycles. The zero-order valence-corrected chi connectivity index (χ0v) is 12.2. The molecule has 0 spiro atoms. The number of benzene rings is 2. The van der Waals surface area contributed by atoms with Crippen molar-refractivity contribution < 1.29 is 0 Å². The molecule has 1 N–H and O–H groups in total. The maximum atomic E-state index is 6.09. The van der Waals surface area contributed by atoms with Crippen LogP contribution in [0.2, 0.25) is 5.02 Å². The third-order valence-corrected chi connectivity index (χ3v) is 3.60. The van der Waals surface area contributed by atoms with Gasteiger partial charge in [0.15, 0.2) is 0 Å². The highest BCUT2D eigenvalue weighted by molar-refractivity contribution is 14.1. The Morgan fingerprint density at radius 3 is 2.35 bits per heavy atom. The van der Waals surface area contributed by atoms with Crippen LogP contribution in [0, 0.1) is 3.57 Å². The molecule has 0 amide bonds. The summed E-state index contributed by atoms with van der Waals surface area (Å²) in [7, 11) is 0. The molecule has 0 fully saturated rings. The van der Waals surface area contributed by atoms with E-state index in [2.05, 4.69) is 52.2 Å². The zero-order chi connectivity index (χ0) is 12.1. The Kier molecular flexibility index (Phi) is 4.83. The third-order valence-electron chi connectivity index (χ3n) is 2.52. The van der Waals surface area contributed by atoms with Crippen LogP contribution in [-0.4, -0.2) is 0 Å². The van der Waals surface area contributed by atoms with E-state index in [1.54, 1.807) is 0 Å². The second-order valence-electron chi connectivity index (χ2n) is 3.82. The molecule has 0 heterocycles. The summed E-state index contributed by atoms with van der Waals surface area (Å²) >= 11 is 8.40. The summed E-state index contributed by atoms with van der Waals surface area (Å²) in [6, 6.07) is 16.4. The van der Waals surface area contributed by atoms with Crippen LogP contribution in [0.1, 0.15) is 11.1 Å². The highest BCUT2D eigenvalue weighted by Crippen LogP contribution is 2.14. The molecule has 88 valence electrons.